The number of sulfone groups is 1. The first-order valence-electron chi connectivity index (χ1n) is 9.24. The zero-order chi connectivity index (χ0) is 21.5. The fourth-order valence-corrected chi connectivity index (χ4v) is 5.08. The Hall–Kier alpha value is -2.97. The smallest absolute Gasteiger partial charge is 0.260 e. The molecule has 0 saturated carbocycles. The molecule has 0 N–H and O–H groups in total. The molecule has 4 rings (SSSR count). The third-order valence-corrected chi connectivity index (χ3v) is 6.83. The van der Waals surface area contributed by atoms with Crippen LogP contribution in [0.1, 0.15) is 27.2 Å². The minimum absolute atomic E-state index is 0.0991. The number of anilines is 1. The normalized spacial score (nSPS) is 11.7. The average Bonchev–Trinajstić information content (AvgIpc) is 3.34. The van der Waals surface area contributed by atoms with Gasteiger partial charge in [0.05, 0.1) is 27.9 Å². The number of hydrogen-bond acceptors (Lipinski definition) is 6. The Morgan fingerprint density at radius 2 is 1.93 bits per heavy atom. The van der Waals surface area contributed by atoms with E-state index in [1.165, 1.54) is 28.4 Å². The Morgan fingerprint density at radius 3 is 2.63 bits per heavy atom. The molecule has 6 nitrogen and oxygen atoms in total. The van der Waals surface area contributed by atoms with Crippen LogP contribution in [0, 0.1) is 13.8 Å². The van der Waals surface area contributed by atoms with Crippen molar-refractivity contribution in [1.29, 1.82) is 0 Å². The summed E-state index contributed by atoms with van der Waals surface area (Å²) in [5, 5.41) is 0.532. The maximum absolute atomic E-state index is 13.4. The monoisotopic (exact) mass is 440 g/mol. The molecule has 8 heteroatoms. The van der Waals surface area contributed by atoms with Crippen LogP contribution in [-0.4, -0.2) is 25.6 Å². The van der Waals surface area contributed by atoms with Crippen LogP contribution < -0.4 is 4.90 Å². The second-order valence-corrected chi connectivity index (χ2v) is 10.2. The molecule has 0 atom stereocenters. The Bertz CT molecular complexity index is 1340. The first-order chi connectivity index (χ1) is 14.2. The largest absolute Gasteiger partial charge is 0.467 e. The summed E-state index contributed by atoms with van der Waals surface area (Å²) in [5.74, 6) is 0.264. The first kappa shape index (κ1) is 20.3. The first-order valence-corrected chi connectivity index (χ1v) is 12.0. The lowest BCUT2D eigenvalue weighted by molar-refractivity contribution is 0.0983. The molecule has 30 heavy (non-hydrogen) atoms. The molecule has 0 radical (unpaired) electrons. The number of furan rings is 1. The summed E-state index contributed by atoms with van der Waals surface area (Å²) < 4.78 is 30.3. The van der Waals surface area contributed by atoms with E-state index in [0.717, 1.165) is 27.6 Å². The summed E-state index contributed by atoms with van der Waals surface area (Å²) >= 11 is 1.42. The summed E-state index contributed by atoms with van der Waals surface area (Å²) in [4.78, 5) is 19.8. The molecule has 0 spiro atoms. The van der Waals surface area contributed by atoms with Crippen LogP contribution in [0.15, 0.2) is 64.1 Å². The number of aromatic nitrogens is 1. The lowest BCUT2D eigenvalue weighted by Crippen LogP contribution is -2.30. The van der Waals surface area contributed by atoms with Crippen LogP contribution in [0.4, 0.5) is 5.13 Å². The molecule has 2 aromatic carbocycles. The van der Waals surface area contributed by atoms with Gasteiger partial charge in [0.2, 0.25) is 0 Å². The molecule has 1 amide bonds. The third kappa shape index (κ3) is 4.01. The van der Waals surface area contributed by atoms with Crippen molar-refractivity contribution < 1.29 is 17.6 Å². The summed E-state index contributed by atoms with van der Waals surface area (Å²) in [6.07, 6.45) is 2.67. The van der Waals surface area contributed by atoms with Crippen molar-refractivity contribution >= 4 is 42.4 Å². The van der Waals surface area contributed by atoms with Crippen LogP contribution in [-0.2, 0) is 16.4 Å². The minimum Gasteiger partial charge on any atom is -0.467 e. The summed E-state index contributed by atoms with van der Waals surface area (Å²) in [6, 6.07) is 13.7. The van der Waals surface area contributed by atoms with Gasteiger partial charge in [0.25, 0.3) is 5.91 Å². The van der Waals surface area contributed by atoms with Gasteiger partial charge in [0.1, 0.15) is 5.76 Å². The molecule has 0 aliphatic rings. The Kier molecular flexibility index (Phi) is 5.21. The lowest BCUT2D eigenvalue weighted by Gasteiger charge is -2.19. The van der Waals surface area contributed by atoms with Crippen molar-refractivity contribution in [2.24, 2.45) is 0 Å². The van der Waals surface area contributed by atoms with Crippen molar-refractivity contribution in [3.63, 3.8) is 0 Å². The highest BCUT2D eigenvalue weighted by molar-refractivity contribution is 7.90. The SMILES string of the molecule is Cc1cc(C)c2nc(N(Cc3ccco3)C(=O)c3cccc(S(C)(=O)=O)c3)sc2c1. The number of carbonyl (C=O) groups is 1. The number of benzene rings is 2. The van der Waals surface area contributed by atoms with Gasteiger partial charge in [-0.3, -0.25) is 9.69 Å². The predicted octanol–water partition coefficient (Wildman–Crippen LogP) is 4.76. The molecular formula is C22H20N2O4S2. The summed E-state index contributed by atoms with van der Waals surface area (Å²) in [5.41, 5.74) is 3.29. The predicted molar refractivity (Wildman–Crippen MR) is 118 cm³/mol. The number of thiazole rings is 1. The van der Waals surface area contributed by atoms with E-state index in [1.807, 2.05) is 19.9 Å². The molecule has 0 saturated heterocycles. The highest BCUT2D eigenvalue weighted by Crippen LogP contribution is 2.33. The number of nitrogens with zero attached hydrogens (tertiary/aromatic N) is 2. The molecular weight excluding hydrogens is 420 g/mol. The van der Waals surface area contributed by atoms with Gasteiger partial charge in [0.15, 0.2) is 15.0 Å². The van der Waals surface area contributed by atoms with Gasteiger partial charge >= 0.3 is 0 Å². The Morgan fingerprint density at radius 1 is 1.13 bits per heavy atom. The highest BCUT2D eigenvalue weighted by atomic mass is 32.2. The van der Waals surface area contributed by atoms with Gasteiger partial charge < -0.3 is 4.42 Å². The number of rotatable bonds is 5. The van der Waals surface area contributed by atoms with E-state index < -0.39 is 9.84 Å². The van der Waals surface area contributed by atoms with Gasteiger partial charge in [-0.15, -0.1) is 0 Å². The summed E-state index contributed by atoms with van der Waals surface area (Å²) in [7, 11) is -3.43. The Labute approximate surface area is 178 Å². The van der Waals surface area contributed by atoms with Gasteiger partial charge in [0, 0.05) is 11.8 Å². The maximum Gasteiger partial charge on any atom is 0.260 e. The van der Waals surface area contributed by atoms with Crippen LogP contribution in [0.5, 0.6) is 0 Å². The number of fused-ring (bicyclic) bond motifs is 1. The van der Waals surface area contributed by atoms with Gasteiger partial charge in [-0.05, 0) is 61.4 Å². The van der Waals surface area contributed by atoms with Crippen molar-refractivity contribution in [1.82, 2.24) is 4.98 Å². The molecule has 0 aliphatic carbocycles. The second-order valence-electron chi connectivity index (χ2n) is 7.20. The number of hydrogen-bond donors (Lipinski definition) is 0. The van der Waals surface area contributed by atoms with E-state index in [0.29, 0.717) is 10.9 Å². The fourth-order valence-electron chi connectivity index (χ4n) is 3.27. The number of amides is 1. The minimum atomic E-state index is -3.43. The van der Waals surface area contributed by atoms with Crippen LogP contribution in [0.25, 0.3) is 10.2 Å². The van der Waals surface area contributed by atoms with Crippen molar-refractivity contribution in [3.8, 4) is 0 Å². The average molecular weight is 441 g/mol. The van der Waals surface area contributed by atoms with Crippen molar-refractivity contribution in [3.05, 3.63) is 77.2 Å². The van der Waals surface area contributed by atoms with E-state index in [-0.39, 0.29) is 22.9 Å². The van der Waals surface area contributed by atoms with Crippen LogP contribution in [0.2, 0.25) is 0 Å². The topological polar surface area (TPSA) is 80.5 Å². The van der Waals surface area contributed by atoms with Gasteiger partial charge in [-0.25, -0.2) is 13.4 Å². The quantitative estimate of drug-likeness (QED) is 0.447. The van der Waals surface area contributed by atoms with Crippen LogP contribution >= 0.6 is 11.3 Å². The van der Waals surface area contributed by atoms with E-state index in [1.54, 1.807) is 30.5 Å². The molecule has 4 aromatic rings. The molecule has 0 fully saturated rings. The van der Waals surface area contributed by atoms with E-state index in [9.17, 15) is 13.2 Å². The molecule has 154 valence electrons. The molecule has 0 bridgehead atoms. The van der Waals surface area contributed by atoms with Crippen molar-refractivity contribution in [2.75, 3.05) is 11.2 Å². The highest BCUT2D eigenvalue weighted by Gasteiger charge is 2.24. The van der Waals surface area contributed by atoms with E-state index in [4.69, 9.17) is 9.40 Å². The summed E-state index contributed by atoms with van der Waals surface area (Å²) in [6.45, 7) is 4.20. The zero-order valence-corrected chi connectivity index (χ0v) is 18.4. The van der Waals surface area contributed by atoms with E-state index >= 15 is 0 Å². The Balaban J connectivity index is 1.81. The number of aryl methyl sites for hydroxylation is 2. The third-order valence-electron chi connectivity index (χ3n) is 4.70. The molecule has 0 aliphatic heterocycles. The number of carbonyl (C=O) groups excluding carboxylic acids is 1. The lowest BCUT2D eigenvalue weighted by atomic mass is 10.1. The fraction of sp³-hybridized carbons (Fsp3) is 0.182. The standard InChI is InChI=1S/C22H20N2O4S2/c1-14-10-15(2)20-19(11-14)29-22(23-20)24(13-17-7-5-9-28-17)21(25)16-6-4-8-18(12-16)30(3,26)27/h4-12H,13H2,1-3H3. The van der Waals surface area contributed by atoms with Crippen molar-refractivity contribution in [2.45, 2.75) is 25.3 Å². The molecule has 2 heterocycles. The van der Waals surface area contributed by atoms with Crippen LogP contribution in [0.3, 0.4) is 0 Å². The molecule has 0 unspecified atom stereocenters. The second kappa shape index (κ2) is 7.70. The molecule has 2 aromatic heterocycles. The van der Waals surface area contributed by atoms with E-state index in [2.05, 4.69) is 6.07 Å². The van der Waals surface area contributed by atoms with Gasteiger partial charge in [-0.1, -0.05) is 23.5 Å². The zero-order valence-electron chi connectivity index (χ0n) is 16.7. The van der Waals surface area contributed by atoms with Gasteiger partial charge in [-0.2, -0.15) is 0 Å². The maximum atomic E-state index is 13.4.